The van der Waals surface area contributed by atoms with E-state index in [4.69, 9.17) is 0 Å². The molecule has 3 rings (SSSR count). The van der Waals surface area contributed by atoms with Gasteiger partial charge >= 0.3 is 0 Å². The number of hydrogen-bond acceptors (Lipinski definition) is 3. The van der Waals surface area contributed by atoms with E-state index in [9.17, 15) is 4.79 Å². The van der Waals surface area contributed by atoms with E-state index in [1.165, 1.54) is 0 Å². The molecular weight excluding hydrogens is 364 g/mol. The van der Waals surface area contributed by atoms with Gasteiger partial charge in [-0.3, -0.25) is 9.69 Å². The number of carbonyl (C=O) groups excluding carboxylic acids is 1. The first-order valence-electron chi connectivity index (χ1n) is 9.82. The van der Waals surface area contributed by atoms with Crippen LogP contribution in [0, 0.1) is 0 Å². The molecule has 0 saturated heterocycles. The van der Waals surface area contributed by atoms with Crippen LogP contribution in [0.4, 0.5) is 0 Å². The third-order valence-corrected chi connectivity index (χ3v) is 5.11. The van der Waals surface area contributed by atoms with Crippen molar-refractivity contribution in [3.63, 3.8) is 0 Å². The third kappa shape index (κ3) is 5.10. The first-order chi connectivity index (χ1) is 13.7. The maximum absolute atomic E-state index is 13.0. The molecule has 1 amide bonds. The Morgan fingerprint density at radius 1 is 1.00 bits per heavy atom. The highest BCUT2D eigenvalue weighted by Crippen LogP contribution is 2.27. The number of amides is 1. The van der Waals surface area contributed by atoms with Crippen molar-refractivity contribution in [2.24, 2.45) is 0 Å². The van der Waals surface area contributed by atoms with Crippen LogP contribution in [0.3, 0.4) is 0 Å². The lowest BCUT2D eigenvalue weighted by molar-refractivity contribution is 0.0865. The SMILES string of the molecule is CCN(CC)C(C)NC(=O)c1cncn1C(c1ccccc1)c1ccccc1.O. The molecule has 0 aliphatic heterocycles. The number of imidazole rings is 1. The Labute approximate surface area is 172 Å². The van der Waals surface area contributed by atoms with Gasteiger partial charge < -0.3 is 15.4 Å². The number of hydrogen-bond donors (Lipinski definition) is 1. The standard InChI is InChI=1S/C23H28N4O.H2O/c1-4-26(5-2)18(3)25-23(28)21-16-24-17-27(21)22(19-12-8-6-9-13-19)20-14-10-7-11-15-20;/h6-18,22H,4-5H2,1-3H3,(H,25,28);1H2. The van der Waals surface area contributed by atoms with Crippen molar-refractivity contribution in [2.45, 2.75) is 33.0 Å². The maximum atomic E-state index is 13.0. The van der Waals surface area contributed by atoms with Crippen LogP contribution in [0.5, 0.6) is 0 Å². The highest BCUT2D eigenvalue weighted by molar-refractivity contribution is 5.92. The predicted octanol–water partition coefficient (Wildman–Crippen LogP) is 3.11. The number of rotatable bonds is 8. The second kappa shape index (κ2) is 10.5. The average molecular weight is 395 g/mol. The monoisotopic (exact) mass is 394 g/mol. The van der Waals surface area contributed by atoms with Gasteiger partial charge in [-0.1, -0.05) is 74.5 Å². The van der Waals surface area contributed by atoms with Crippen LogP contribution in [0.25, 0.3) is 0 Å². The molecule has 0 fully saturated rings. The summed E-state index contributed by atoms with van der Waals surface area (Å²) in [6.07, 6.45) is 3.34. The molecule has 1 unspecified atom stereocenters. The molecule has 3 aromatic rings. The van der Waals surface area contributed by atoms with Crippen molar-refractivity contribution in [3.05, 3.63) is 90.0 Å². The van der Waals surface area contributed by atoms with Crippen LogP contribution in [-0.2, 0) is 0 Å². The van der Waals surface area contributed by atoms with E-state index in [2.05, 4.69) is 53.3 Å². The number of aromatic nitrogens is 2. The van der Waals surface area contributed by atoms with Gasteiger partial charge in [-0.2, -0.15) is 0 Å². The quantitative estimate of drug-likeness (QED) is 0.596. The first-order valence-corrected chi connectivity index (χ1v) is 9.82. The van der Waals surface area contributed by atoms with Gasteiger partial charge in [0.2, 0.25) is 0 Å². The van der Waals surface area contributed by atoms with Crippen molar-refractivity contribution in [1.29, 1.82) is 0 Å². The van der Waals surface area contributed by atoms with E-state index in [0.29, 0.717) is 5.69 Å². The van der Waals surface area contributed by atoms with Crippen molar-refractivity contribution in [1.82, 2.24) is 19.8 Å². The minimum Gasteiger partial charge on any atom is -0.412 e. The van der Waals surface area contributed by atoms with Crippen molar-refractivity contribution < 1.29 is 10.3 Å². The van der Waals surface area contributed by atoms with Crippen LogP contribution in [-0.4, -0.2) is 45.1 Å². The highest BCUT2D eigenvalue weighted by atomic mass is 16.2. The first kappa shape index (κ1) is 22.3. The van der Waals surface area contributed by atoms with Crippen LogP contribution in [0.15, 0.2) is 73.2 Å². The van der Waals surface area contributed by atoms with E-state index in [-0.39, 0.29) is 23.6 Å². The number of nitrogens with one attached hydrogen (secondary N) is 1. The normalized spacial score (nSPS) is 11.9. The van der Waals surface area contributed by atoms with Gasteiger partial charge in [0.25, 0.3) is 5.91 Å². The van der Waals surface area contributed by atoms with Crippen LogP contribution in [0.1, 0.15) is 48.4 Å². The number of nitrogens with zero attached hydrogens (tertiary/aromatic N) is 3. The fourth-order valence-corrected chi connectivity index (χ4v) is 3.60. The molecule has 2 aromatic carbocycles. The van der Waals surface area contributed by atoms with E-state index < -0.39 is 0 Å². The molecule has 154 valence electrons. The molecule has 6 heteroatoms. The van der Waals surface area contributed by atoms with Gasteiger partial charge in [0.05, 0.1) is 24.7 Å². The minimum absolute atomic E-state index is 0. The molecule has 0 aliphatic rings. The molecule has 1 aromatic heterocycles. The summed E-state index contributed by atoms with van der Waals surface area (Å²) in [5.41, 5.74) is 2.77. The molecule has 0 aliphatic carbocycles. The summed E-state index contributed by atoms with van der Waals surface area (Å²) in [4.78, 5) is 19.5. The van der Waals surface area contributed by atoms with E-state index in [1.54, 1.807) is 12.5 Å². The molecule has 0 saturated carbocycles. The zero-order chi connectivity index (χ0) is 19.9. The highest BCUT2D eigenvalue weighted by Gasteiger charge is 2.23. The molecule has 0 bridgehead atoms. The minimum atomic E-state index is -0.117. The Hall–Kier alpha value is -2.96. The zero-order valence-electron chi connectivity index (χ0n) is 17.2. The molecular formula is C23H30N4O2. The smallest absolute Gasteiger partial charge is 0.270 e. The summed E-state index contributed by atoms with van der Waals surface area (Å²) < 4.78 is 1.95. The fourth-order valence-electron chi connectivity index (χ4n) is 3.60. The van der Waals surface area contributed by atoms with Gasteiger partial charge in [-0.05, 0) is 31.1 Å². The van der Waals surface area contributed by atoms with Crippen LogP contribution >= 0.6 is 0 Å². The fraction of sp³-hybridized carbons (Fsp3) is 0.304. The zero-order valence-corrected chi connectivity index (χ0v) is 17.2. The van der Waals surface area contributed by atoms with E-state index in [1.807, 2.05) is 47.9 Å². The van der Waals surface area contributed by atoms with E-state index >= 15 is 0 Å². The van der Waals surface area contributed by atoms with Crippen molar-refractivity contribution in [2.75, 3.05) is 13.1 Å². The predicted molar refractivity (Wildman–Crippen MR) is 116 cm³/mol. The van der Waals surface area contributed by atoms with Gasteiger partial charge in [-0.15, -0.1) is 0 Å². The molecule has 1 atom stereocenters. The molecule has 3 N–H and O–H groups in total. The molecule has 0 radical (unpaired) electrons. The topological polar surface area (TPSA) is 81.7 Å². The average Bonchev–Trinajstić information content (AvgIpc) is 3.20. The summed E-state index contributed by atoms with van der Waals surface area (Å²) in [6.45, 7) is 7.97. The second-order valence-corrected chi connectivity index (χ2v) is 6.78. The Balaban J connectivity index is 0.00000300. The Morgan fingerprint density at radius 3 is 2.00 bits per heavy atom. The summed E-state index contributed by atoms with van der Waals surface area (Å²) in [5.74, 6) is -0.117. The van der Waals surface area contributed by atoms with Gasteiger partial charge in [0, 0.05) is 0 Å². The molecule has 0 spiro atoms. The second-order valence-electron chi connectivity index (χ2n) is 6.78. The van der Waals surface area contributed by atoms with Gasteiger partial charge in [-0.25, -0.2) is 4.98 Å². The van der Waals surface area contributed by atoms with Gasteiger partial charge in [0.1, 0.15) is 5.69 Å². The third-order valence-electron chi connectivity index (χ3n) is 5.11. The van der Waals surface area contributed by atoms with Gasteiger partial charge in [0.15, 0.2) is 0 Å². The summed E-state index contributed by atoms with van der Waals surface area (Å²) in [6, 6.07) is 20.3. The lowest BCUT2D eigenvalue weighted by Gasteiger charge is -2.28. The molecule has 6 nitrogen and oxygen atoms in total. The van der Waals surface area contributed by atoms with Crippen molar-refractivity contribution in [3.8, 4) is 0 Å². The molecule has 1 heterocycles. The molecule has 29 heavy (non-hydrogen) atoms. The Kier molecular flexibility index (Phi) is 8.12. The Bertz CT molecular complexity index is 837. The van der Waals surface area contributed by atoms with Crippen molar-refractivity contribution >= 4 is 5.91 Å². The largest absolute Gasteiger partial charge is 0.412 e. The summed E-state index contributed by atoms with van der Waals surface area (Å²) in [5, 5.41) is 3.11. The summed E-state index contributed by atoms with van der Waals surface area (Å²) in [7, 11) is 0. The van der Waals surface area contributed by atoms with Crippen LogP contribution < -0.4 is 5.32 Å². The maximum Gasteiger partial charge on any atom is 0.270 e. The Morgan fingerprint density at radius 2 is 1.52 bits per heavy atom. The summed E-state index contributed by atoms with van der Waals surface area (Å²) >= 11 is 0. The lowest BCUT2D eigenvalue weighted by Crippen LogP contribution is -2.46. The lowest BCUT2D eigenvalue weighted by atomic mass is 9.98. The number of carbonyl (C=O) groups is 1. The van der Waals surface area contributed by atoms with E-state index in [0.717, 1.165) is 24.2 Å². The number of benzene rings is 2. The van der Waals surface area contributed by atoms with Crippen LogP contribution in [0.2, 0.25) is 0 Å².